The summed E-state index contributed by atoms with van der Waals surface area (Å²) in [5, 5.41) is 3.36. The summed E-state index contributed by atoms with van der Waals surface area (Å²) in [5.74, 6) is 0. The first-order chi connectivity index (χ1) is 8.34. The molecule has 86 valence electrons. The molecule has 0 aromatic heterocycles. The minimum Gasteiger partial charge on any atom is -0.382 e. The summed E-state index contributed by atoms with van der Waals surface area (Å²) in [7, 11) is 0. The Kier molecular flexibility index (Phi) is 4.62. The number of nitrogens with one attached hydrogen (secondary N) is 1. The molecule has 2 aromatic rings. The highest BCUT2D eigenvalue weighted by Crippen LogP contribution is 2.12. The van der Waals surface area contributed by atoms with E-state index in [1.807, 2.05) is 18.2 Å². The molecule has 0 radical (unpaired) electrons. The summed E-state index contributed by atoms with van der Waals surface area (Å²) in [6.45, 7) is 0.842. The third-order valence-electron chi connectivity index (χ3n) is 2.36. The van der Waals surface area contributed by atoms with Gasteiger partial charge in [0.25, 0.3) is 0 Å². The van der Waals surface area contributed by atoms with Gasteiger partial charge in [0.05, 0.1) is 0 Å². The number of benzene rings is 2. The van der Waals surface area contributed by atoms with Crippen LogP contribution in [0.5, 0.6) is 0 Å². The molecular formula is C15H14IN. The van der Waals surface area contributed by atoms with E-state index in [1.165, 1.54) is 9.13 Å². The van der Waals surface area contributed by atoms with E-state index in [2.05, 4.69) is 76.5 Å². The average molecular weight is 335 g/mol. The first-order valence-electron chi connectivity index (χ1n) is 5.55. The third kappa shape index (κ3) is 4.23. The zero-order valence-corrected chi connectivity index (χ0v) is 11.6. The Balaban J connectivity index is 1.86. The molecule has 1 nitrogen and oxygen atoms in total. The Labute approximate surface area is 116 Å². The molecule has 0 atom stereocenters. The molecule has 0 bridgehead atoms. The van der Waals surface area contributed by atoms with Gasteiger partial charge in [-0.3, -0.25) is 0 Å². The second-order valence-corrected chi connectivity index (χ2v) is 4.95. The second-order valence-electron chi connectivity index (χ2n) is 3.70. The van der Waals surface area contributed by atoms with E-state index < -0.39 is 0 Å². The first kappa shape index (κ1) is 12.2. The van der Waals surface area contributed by atoms with Gasteiger partial charge in [0.15, 0.2) is 0 Å². The molecule has 0 aliphatic rings. The van der Waals surface area contributed by atoms with Gasteiger partial charge >= 0.3 is 0 Å². The predicted molar refractivity (Wildman–Crippen MR) is 83.1 cm³/mol. The fraction of sp³-hybridized carbons (Fsp3) is 0.0667. The summed E-state index contributed by atoms with van der Waals surface area (Å²) in [6.07, 6.45) is 4.26. The normalized spacial score (nSPS) is 10.6. The molecule has 17 heavy (non-hydrogen) atoms. The lowest BCUT2D eigenvalue weighted by molar-refractivity contribution is 1.34. The fourth-order valence-corrected chi connectivity index (χ4v) is 2.08. The van der Waals surface area contributed by atoms with Crippen LogP contribution in [0.2, 0.25) is 0 Å². The van der Waals surface area contributed by atoms with Crippen molar-refractivity contribution >= 4 is 34.4 Å². The second kappa shape index (κ2) is 6.45. The smallest absolute Gasteiger partial charge is 0.0353 e. The predicted octanol–water partition coefficient (Wildman–Crippen LogP) is 4.42. The van der Waals surface area contributed by atoms with E-state index in [0.717, 1.165) is 12.2 Å². The standard InChI is InChI=1S/C15H14IN/c16-14-9-4-10-15(12-14)17-11-5-8-13-6-2-1-3-7-13/h1-10,12,17H,11H2/b8-5+. The summed E-state index contributed by atoms with van der Waals surface area (Å²) in [4.78, 5) is 0. The molecule has 0 unspecified atom stereocenters. The first-order valence-corrected chi connectivity index (χ1v) is 6.63. The largest absolute Gasteiger partial charge is 0.382 e. The highest BCUT2D eigenvalue weighted by Gasteiger charge is 1.90. The van der Waals surface area contributed by atoms with Gasteiger partial charge in [-0.25, -0.2) is 0 Å². The molecule has 0 saturated heterocycles. The van der Waals surface area contributed by atoms with Crippen LogP contribution >= 0.6 is 22.6 Å². The van der Waals surface area contributed by atoms with Crippen molar-refractivity contribution in [2.45, 2.75) is 0 Å². The van der Waals surface area contributed by atoms with Crippen molar-refractivity contribution < 1.29 is 0 Å². The Bertz CT molecular complexity index is 491. The van der Waals surface area contributed by atoms with Crippen molar-refractivity contribution in [1.82, 2.24) is 0 Å². The van der Waals surface area contributed by atoms with E-state index in [0.29, 0.717) is 0 Å². The van der Waals surface area contributed by atoms with Crippen LogP contribution in [0.1, 0.15) is 5.56 Å². The van der Waals surface area contributed by atoms with Crippen molar-refractivity contribution in [3.8, 4) is 0 Å². The number of hydrogen-bond donors (Lipinski definition) is 1. The van der Waals surface area contributed by atoms with Gasteiger partial charge in [0.2, 0.25) is 0 Å². The fourth-order valence-electron chi connectivity index (χ4n) is 1.53. The van der Waals surface area contributed by atoms with E-state index >= 15 is 0 Å². The maximum absolute atomic E-state index is 3.36. The molecule has 0 amide bonds. The van der Waals surface area contributed by atoms with Crippen molar-refractivity contribution in [3.05, 3.63) is 69.8 Å². The molecule has 0 saturated carbocycles. The summed E-state index contributed by atoms with van der Waals surface area (Å²) >= 11 is 2.32. The number of halogens is 1. The van der Waals surface area contributed by atoms with Crippen LogP contribution in [0.25, 0.3) is 6.08 Å². The van der Waals surface area contributed by atoms with Gasteiger partial charge in [0.1, 0.15) is 0 Å². The molecule has 0 fully saturated rings. The minimum absolute atomic E-state index is 0.842. The van der Waals surface area contributed by atoms with Gasteiger partial charge in [0, 0.05) is 15.8 Å². The number of rotatable bonds is 4. The maximum Gasteiger partial charge on any atom is 0.0353 e. The zero-order valence-electron chi connectivity index (χ0n) is 9.44. The lowest BCUT2D eigenvalue weighted by Gasteiger charge is -2.03. The van der Waals surface area contributed by atoms with Crippen LogP contribution in [0, 0.1) is 3.57 Å². The minimum atomic E-state index is 0.842. The molecular weight excluding hydrogens is 321 g/mol. The Hall–Kier alpha value is -1.29. The van der Waals surface area contributed by atoms with E-state index in [4.69, 9.17) is 0 Å². The quantitative estimate of drug-likeness (QED) is 0.816. The van der Waals surface area contributed by atoms with E-state index in [1.54, 1.807) is 0 Å². The maximum atomic E-state index is 3.36. The van der Waals surface area contributed by atoms with Crippen molar-refractivity contribution in [1.29, 1.82) is 0 Å². The highest BCUT2D eigenvalue weighted by molar-refractivity contribution is 14.1. The molecule has 0 aliphatic carbocycles. The zero-order chi connectivity index (χ0) is 11.9. The molecule has 0 heterocycles. The van der Waals surface area contributed by atoms with Gasteiger partial charge in [-0.2, -0.15) is 0 Å². The molecule has 0 spiro atoms. The number of hydrogen-bond acceptors (Lipinski definition) is 1. The Morgan fingerprint density at radius 3 is 2.59 bits per heavy atom. The van der Waals surface area contributed by atoms with Crippen LogP contribution in [-0.2, 0) is 0 Å². The highest BCUT2D eigenvalue weighted by atomic mass is 127. The van der Waals surface area contributed by atoms with Crippen molar-refractivity contribution in [2.75, 3.05) is 11.9 Å². The summed E-state index contributed by atoms with van der Waals surface area (Å²) in [5.41, 5.74) is 2.39. The third-order valence-corrected chi connectivity index (χ3v) is 3.03. The molecule has 2 aromatic carbocycles. The van der Waals surface area contributed by atoms with Crippen LogP contribution < -0.4 is 5.32 Å². The summed E-state index contributed by atoms with van der Waals surface area (Å²) in [6, 6.07) is 18.7. The van der Waals surface area contributed by atoms with Gasteiger partial charge in [-0.05, 0) is 46.4 Å². The lowest BCUT2D eigenvalue weighted by atomic mass is 10.2. The molecule has 2 heteroatoms. The van der Waals surface area contributed by atoms with Gasteiger partial charge in [-0.15, -0.1) is 0 Å². The van der Waals surface area contributed by atoms with E-state index in [-0.39, 0.29) is 0 Å². The Morgan fingerprint density at radius 1 is 1.00 bits per heavy atom. The Morgan fingerprint density at radius 2 is 1.82 bits per heavy atom. The van der Waals surface area contributed by atoms with Crippen LogP contribution in [0.3, 0.4) is 0 Å². The molecule has 2 rings (SSSR count). The lowest BCUT2D eigenvalue weighted by Crippen LogP contribution is -1.97. The van der Waals surface area contributed by atoms with Crippen molar-refractivity contribution in [3.63, 3.8) is 0 Å². The molecule has 1 N–H and O–H groups in total. The van der Waals surface area contributed by atoms with Crippen LogP contribution in [0.15, 0.2) is 60.7 Å². The topological polar surface area (TPSA) is 12.0 Å². The number of anilines is 1. The summed E-state index contributed by atoms with van der Waals surface area (Å²) < 4.78 is 1.25. The van der Waals surface area contributed by atoms with E-state index in [9.17, 15) is 0 Å². The van der Waals surface area contributed by atoms with Crippen LogP contribution in [0.4, 0.5) is 5.69 Å². The van der Waals surface area contributed by atoms with Crippen molar-refractivity contribution in [2.24, 2.45) is 0 Å². The monoisotopic (exact) mass is 335 g/mol. The average Bonchev–Trinajstić information content (AvgIpc) is 2.36. The van der Waals surface area contributed by atoms with Crippen LogP contribution in [-0.4, -0.2) is 6.54 Å². The van der Waals surface area contributed by atoms with Gasteiger partial charge in [-0.1, -0.05) is 48.6 Å². The SMILES string of the molecule is Ic1cccc(NC/C=C/c2ccccc2)c1. The molecule has 0 aliphatic heterocycles. The van der Waals surface area contributed by atoms with Gasteiger partial charge < -0.3 is 5.32 Å².